The van der Waals surface area contributed by atoms with Crippen LogP contribution in [-0.2, 0) is 14.4 Å². The Morgan fingerprint density at radius 3 is 2.56 bits per heavy atom. The molecule has 2 aliphatic rings. The number of aromatic nitrogens is 1. The van der Waals surface area contributed by atoms with E-state index in [2.05, 4.69) is 25.4 Å². The number of amides is 3. The van der Waals surface area contributed by atoms with E-state index in [0.717, 1.165) is 43.1 Å². The van der Waals surface area contributed by atoms with Crippen molar-refractivity contribution in [1.29, 1.82) is 0 Å². The normalized spacial score (nSPS) is 19.0. The summed E-state index contributed by atoms with van der Waals surface area (Å²) in [4.78, 5) is 48.7. The zero-order valence-electron chi connectivity index (χ0n) is 19.8. The van der Waals surface area contributed by atoms with Crippen molar-refractivity contribution < 1.29 is 14.4 Å². The van der Waals surface area contributed by atoms with Gasteiger partial charge in [0.05, 0.1) is 13.0 Å². The van der Waals surface area contributed by atoms with Crippen LogP contribution in [0.3, 0.4) is 0 Å². The van der Waals surface area contributed by atoms with Crippen LogP contribution in [0.1, 0.15) is 17.5 Å². The lowest BCUT2D eigenvalue weighted by Gasteiger charge is -2.38. The number of carbonyl (C=O) groups excluding carboxylic acids is 3. The molecular formula is C25H32N6O3. The van der Waals surface area contributed by atoms with Gasteiger partial charge in [-0.05, 0) is 49.2 Å². The maximum absolute atomic E-state index is 13.1. The molecule has 1 aromatic carbocycles. The Morgan fingerprint density at radius 1 is 1.06 bits per heavy atom. The second kappa shape index (κ2) is 10.6. The van der Waals surface area contributed by atoms with Crippen molar-refractivity contribution in [2.75, 3.05) is 56.0 Å². The third-order valence-electron chi connectivity index (χ3n) is 6.52. The molecule has 2 fully saturated rings. The Labute approximate surface area is 200 Å². The van der Waals surface area contributed by atoms with Gasteiger partial charge < -0.3 is 20.4 Å². The minimum Gasteiger partial charge on any atom is -0.354 e. The van der Waals surface area contributed by atoms with Gasteiger partial charge >= 0.3 is 0 Å². The van der Waals surface area contributed by atoms with E-state index >= 15 is 0 Å². The molecular weight excluding hydrogens is 432 g/mol. The van der Waals surface area contributed by atoms with Gasteiger partial charge in [0.1, 0.15) is 11.9 Å². The number of hydrogen-bond donors (Lipinski definition) is 2. The van der Waals surface area contributed by atoms with Gasteiger partial charge in [0.2, 0.25) is 17.7 Å². The summed E-state index contributed by atoms with van der Waals surface area (Å²) in [5, 5.41) is 5.65. The first-order chi connectivity index (χ1) is 16.4. The number of carbonyl (C=O) groups is 3. The topological polar surface area (TPSA) is 97.9 Å². The predicted octanol–water partition coefficient (Wildman–Crippen LogP) is 1.18. The summed E-state index contributed by atoms with van der Waals surface area (Å²) in [5.41, 5.74) is 2.91. The first-order valence-electron chi connectivity index (χ1n) is 11.7. The van der Waals surface area contributed by atoms with Crippen LogP contribution >= 0.6 is 0 Å². The van der Waals surface area contributed by atoms with Crippen molar-refractivity contribution in [3.63, 3.8) is 0 Å². The molecule has 1 aromatic heterocycles. The lowest BCUT2D eigenvalue weighted by molar-refractivity contribution is -0.145. The number of pyridine rings is 1. The van der Waals surface area contributed by atoms with Gasteiger partial charge in [-0.15, -0.1) is 0 Å². The SMILES string of the molecule is Cc1ccc(NC(=O)C[C@H]2C(=O)NCCN2C(=O)CN2CCN(c3ccccn3)CC2)cc1C. The zero-order valence-corrected chi connectivity index (χ0v) is 19.8. The molecule has 2 saturated heterocycles. The first kappa shape index (κ1) is 23.7. The first-order valence-corrected chi connectivity index (χ1v) is 11.7. The fraction of sp³-hybridized carbons (Fsp3) is 0.440. The standard InChI is InChI=1S/C25H32N6O3/c1-18-6-7-20(15-19(18)2)28-23(32)16-21-25(34)27-9-10-31(21)24(33)17-29-11-13-30(14-12-29)22-5-3-4-8-26-22/h3-8,15,21H,9-14,16-17H2,1-2H3,(H,27,34)(H,28,32)/t21-/m0/s1. The molecule has 9 nitrogen and oxygen atoms in total. The van der Waals surface area contributed by atoms with E-state index in [9.17, 15) is 14.4 Å². The van der Waals surface area contributed by atoms with E-state index in [-0.39, 0.29) is 30.7 Å². The van der Waals surface area contributed by atoms with Crippen LogP contribution in [0.5, 0.6) is 0 Å². The minimum absolute atomic E-state index is 0.0715. The summed E-state index contributed by atoms with van der Waals surface area (Å²) in [6.07, 6.45) is 1.71. The van der Waals surface area contributed by atoms with Gasteiger partial charge in [-0.3, -0.25) is 19.3 Å². The van der Waals surface area contributed by atoms with E-state index in [1.807, 2.05) is 50.2 Å². The van der Waals surface area contributed by atoms with Crippen molar-refractivity contribution in [2.45, 2.75) is 26.3 Å². The van der Waals surface area contributed by atoms with Crippen LogP contribution in [0, 0.1) is 13.8 Å². The number of anilines is 2. The molecule has 34 heavy (non-hydrogen) atoms. The number of rotatable bonds is 6. The van der Waals surface area contributed by atoms with Gasteiger partial charge in [0.15, 0.2) is 0 Å². The van der Waals surface area contributed by atoms with Crippen molar-refractivity contribution in [3.05, 3.63) is 53.7 Å². The molecule has 0 bridgehead atoms. The van der Waals surface area contributed by atoms with E-state index in [1.165, 1.54) is 0 Å². The monoisotopic (exact) mass is 464 g/mol. The fourth-order valence-corrected chi connectivity index (χ4v) is 4.38. The summed E-state index contributed by atoms with van der Waals surface area (Å²) in [6.45, 7) is 8.07. The van der Waals surface area contributed by atoms with Gasteiger partial charge in [0, 0.05) is 51.2 Å². The van der Waals surface area contributed by atoms with E-state index in [4.69, 9.17) is 0 Å². The highest BCUT2D eigenvalue weighted by Crippen LogP contribution is 2.17. The summed E-state index contributed by atoms with van der Waals surface area (Å²) in [5.74, 6) is 0.253. The minimum atomic E-state index is -0.803. The molecule has 3 amide bonds. The van der Waals surface area contributed by atoms with Crippen LogP contribution in [0.15, 0.2) is 42.6 Å². The van der Waals surface area contributed by atoms with E-state index in [0.29, 0.717) is 18.8 Å². The van der Waals surface area contributed by atoms with Crippen LogP contribution in [-0.4, -0.2) is 84.4 Å². The Balaban J connectivity index is 1.33. The van der Waals surface area contributed by atoms with E-state index in [1.54, 1.807) is 11.1 Å². The highest BCUT2D eigenvalue weighted by atomic mass is 16.2. The summed E-state index contributed by atoms with van der Waals surface area (Å²) < 4.78 is 0. The maximum atomic E-state index is 13.1. The third-order valence-corrected chi connectivity index (χ3v) is 6.52. The molecule has 0 radical (unpaired) electrons. The van der Waals surface area contributed by atoms with Crippen LogP contribution in [0.2, 0.25) is 0 Å². The van der Waals surface area contributed by atoms with Gasteiger partial charge in [-0.2, -0.15) is 0 Å². The Hall–Kier alpha value is -3.46. The van der Waals surface area contributed by atoms with Crippen molar-refractivity contribution in [3.8, 4) is 0 Å². The molecule has 2 aromatic rings. The van der Waals surface area contributed by atoms with Crippen molar-refractivity contribution >= 4 is 29.2 Å². The number of benzene rings is 1. The Bertz CT molecular complexity index is 1040. The molecule has 3 heterocycles. The molecule has 180 valence electrons. The predicted molar refractivity (Wildman–Crippen MR) is 131 cm³/mol. The molecule has 9 heteroatoms. The molecule has 2 aliphatic heterocycles. The smallest absolute Gasteiger partial charge is 0.243 e. The van der Waals surface area contributed by atoms with Crippen molar-refractivity contribution in [1.82, 2.24) is 20.1 Å². The Kier molecular flexibility index (Phi) is 7.42. The molecule has 0 aliphatic carbocycles. The molecule has 0 unspecified atom stereocenters. The van der Waals surface area contributed by atoms with Crippen LogP contribution in [0.4, 0.5) is 11.5 Å². The van der Waals surface area contributed by atoms with E-state index < -0.39 is 6.04 Å². The third kappa shape index (κ3) is 5.72. The Morgan fingerprint density at radius 2 is 1.85 bits per heavy atom. The fourth-order valence-electron chi connectivity index (χ4n) is 4.38. The van der Waals surface area contributed by atoms with Crippen LogP contribution < -0.4 is 15.5 Å². The summed E-state index contributed by atoms with van der Waals surface area (Å²) >= 11 is 0. The highest BCUT2D eigenvalue weighted by Gasteiger charge is 2.35. The molecule has 4 rings (SSSR count). The number of hydrogen-bond acceptors (Lipinski definition) is 6. The number of nitrogens with one attached hydrogen (secondary N) is 2. The maximum Gasteiger partial charge on any atom is 0.243 e. The number of piperazine rings is 2. The quantitative estimate of drug-likeness (QED) is 0.666. The number of nitrogens with zero attached hydrogens (tertiary/aromatic N) is 4. The van der Waals surface area contributed by atoms with Gasteiger partial charge in [-0.25, -0.2) is 4.98 Å². The lowest BCUT2D eigenvalue weighted by Crippen LogP contribution is -2.60. The number of aryl methyl sites for hydroxylation is 2. The molecule has 0 saturated carbocycles. The highest BCUT2D eigenvalue weighted by molar-refractivity contribution is 5.97. The average Bonchev–Trinajstić information content (AvgIpc) is 2.83. The van der Waals surface area contributed by atoms with Crippen molar-refractivity contribution in [2.24, 2.45) is 0 Å². The lowest BCUT2D eigenvalue weighted by atomic mass is 10.1. The molecule has 1 atom stereocenters. The summed E-state index contributed by atoms with van der Waals surface area (Å²) in [6, 6.07) is 10.7. The van der Waals surface area contributed by atoms with Gasteiger partial charge in [0.25, 0.3) is 0 Å². The molecule has 2 N–H and O–H groups in total. The zero-order chi connectivity index (χ0) is 24.1. The average molecular weight is 465 g/mol. The summed E-state index contributed by atoms with van der Waals surface area (Å²) in [7, 11) is 0. The molecule has 0 spiro atoms. The second-order valence-electron chi connectivity index (χ2n) is 8.90. The van der Waals surface area contributed by atoms with Gasteiger partial charge in [-0.1, -0.05) is 12.1 Å². The second-order valence-corrected chi connectivity index (χ2v) is 8.90. The largest absolute Gasteiger partial charge is 0.354 e. The van der Waals surface area contributed by atoms with Crippen LogP contribution in [0.25, 0.3) is 0 Å².